The van der Waals surface area contributed by atoms with E-state index in [1.807, 2.05) is 37.3 Å². The summed E-state index contributed by atoms with van der Waals surface area (Å²) >= 11 is 0. The second kappa shape index (κ2) is 12.3. The molecular weight excluding hydrogens is 454 g/mol. The second-order valence-corrected chi connectivity index (χ2v) is 10.0. The van der Waals surface area contributed by atoms with Gasteiger partial charge in [0.15, 0.2) is 0 Å². The number of benzene rings is 2. The summed E-state index contributed by atoms with van der Waals surface area (Å²) in [5.74, 6) is 0.492. The van der Waals surface area contributed by atoms with E-state index in [0.29, 0.717) is 18.4 Å². The maximum absolute atomic E-state index is 13.1. The van der Waals surface area contributed by atoms with Crippen molar-refractivity contribution in [1.82, 2.24) is 0 Å². The summed E-state index contributed by atoms with van der Waals surface area (Å²) < 4.78 is 10.6. The van der Waals surface area contributed by atoms with E-state index >= 15 is 0 Å². The minimum absolute atomic E-state index is 0.0205. The van der Waals surface area contributed by atoms with E-state index in [4.69, 9.17) is 9.47 Å². The highest BCUT2D eigenvalue weighted by molar-refractivity contribution is 6.02. The number of rotatable bonds is 10. The molecule has 0 radical (unpaired) electrons. The number of carbonyl (C=O) groups is 2. The fourth-order valence-corrected chi connectivity index (χ4v) is 4.88. The van der Waals surface area contributed by atoms with Crippen LogP contribution in [0.25, 0.3) is 0 Å². The zero-order valence-electron chi connectivity index (χ0n) is 21.7. The summed E-state index contributed by atoms with van der Waals surface area (Å²) in [7, 11) is 1.42. The number of ether oxygens (including phenoxy) is 2. The number of nitrogens with one attached hydrogen (secondary N) is 2. The topological polar surface area (TPSA) is 79.9 Å². The van der Waals surface area contributed by atoms with Crippen molar-refractivity contribution in [2.75, 3.05) is 42.4 Å². The average molecular weight is 494 g/mol. The Bertz CT molecular complexity index is 1030. The summed E-state index contributed by atoms with van der Waals surface area (Å²) in [5, 5.41) is 6.09. The quantitative estimate of drug-likeness (QED) is 0.392. The summed E-state index contributed by atoms with van der Waals surface area (Å²) in [6, 6.07) is 14.1. The van der Waals surface area contributed by atoms with Gasteiger partial charge in [-0.1, -0.05) is 30.7 Å². The van der Waals surface area contributed by atoms with Crippen molar-refractivity contribution in [3.05, 3.63) is 53.6 Å². The zero-order chi connectivity index (χ0) is 25.5. The van der Waals surface area contributed by atoms with Crippen LogP contribution in [0.2, 0.25) is 0 Å². The number of amides is 2. The fraction of sp³-hybridized carbons (Fsp3) is 0.517. The molecule has 1 aliphatic heterocycles. The number of nitrogens with zero attached hydrogens (tertiary/aromatic N) is 1. The second-order valence-electron chi connectivity index (χ2n) is 10.0. The Morgan fingerprint density at radius 1 is 1.06 bits per heavy atom. The van der Waals surface area contributed by atoms with Gasteiger partial charge in [0.05, 0.1) is 24.9 Å². The molecular formula is C29H39N3O4. The number of aryl methyl sites for hydroxylation is 1. The van der Waals surface area contributed by atoms with Crippen LogP contribution < -0.4 is 15.5 Å². The molecule has 1 unspecified atom stereocenters. The van der Waals surface area contributed by atoms with Crippen molar-refractivity contribution < 1.29 is 19.1 Å². The van der Waals surface area contributed by atoms with Gasteiger partial charge in [0.2, 0.25) is 0 Å². The van der Waals surface area contributed by atoms with Gasteiger partial charge in [-0.05, 0) is 80.7 Å². The van der Waals surface area contributed by atoms with Crippen LogP contribution >= 0.6 is 0 Å². The lowest BCUT2D eigenvalue weighted by molar-refractivity contribution is -0.141. The molecule has 2 aromatic rings. The highest BCUT2D eigenvalue weighted by Crippen LogP contribution is 2.39. The predicted molar refractivity (Wildman–Crippen MR) is 144 cm³/mol. The maximum atomic E-state index is 13.1. The van der Waals surface area contributed by atoms with Crippen LogP contribution in [0.5, 0.6) is 0 Å². The molecule has 1 aliphatic carbocycles. The molecule has 2 amide bonds. The molecule has 2 aliphatic rings. The molecule has 0 bridgehead atoms. The zero-order valence-corrected chi connectivity index (χ0v) is 21.7. The van der Waals surface area contributed by atoms with Crippen LogP contribution in [-0.4, -0.2) is 44.9 Å². The van der Waals surface area contributed by atoms with Crippen molar-refractivity contribution in [1.29, 1.82) is 0 Å². The Hall–Kier alpha value is -3.06. The first kappa shape index (κ1) is 26.0. The van der Waals surface area contributed by atoms with Gasteiger partial charge in [0, 0.05) is 31.5 Å². The molecule has 1 heterocycles. The molecule has 2 fully saturated rings. The molecule has 4 rings (SSSR count). The van der Waals surface area contributed by atoms with Crippen LogP contribution in [0.1, 0.15) is 62.5 Å². The Labute approximate surface area is 214 Å². The van der Waals surface area contributed by atoms with Crippen molar-refractivity contribution in [2.24, 2.45) is 5.92 Å². The molecule has 2 N–H and O–H groups in total. The van der Waals surface area contributed by atoms with Crippen molar-refractivity contribution in [3.8, 4) is 0 Å². The van der Waals surface area contributed by atoms with Crippen LogP contribution in [0, 0.1) is 12.8 Å². The SMILES string of the molecule is CCC(CC(=O)OC)c1ccc(N(CC2CC2)C2CCOCC2)c(NC(=O)Nc2ccc(C)cc2)c1. The number of hydrogen-bond donors (Lipinski definition) is 2. The van der Waals surface area contributed by atoms with Crippen LogP contribution in [0.15, 0.2) is 42.5 Å². The van der Waals surface area contributed by atoms with Gasteiger partial charge >= 0.3 is 12.0 Å². The summed E-state index contributed by atoms with van der Waals surface area (Å²) in [6.07, 6.45) is 5.58. The molecule has 1 saturated carbocycles. The van der Waals surface area contributed by atoms with E-state index in [9.17, 15) is 9.59 Å². The smallest absolute Gasteiger partial charge is 0.323 e. The van der Waals surface area contributed by atoms with E-state index in [1.54, 1.807) is 0 Å². The van der Waals surface area contributed by atoms with E-state index < -0.39 is 0 Å². The Morgan fingerprint density at radius 2 is 1.78 bits per heavy atom. The third-order valence-corrected chi connectivity index (χ3v) is 7.28. The Kier molecular flexibility index (Phi) is 8.86. The summed E-state index contributed by atoms with van der Waals surface area (Å²) in [4.78, 5) is 27.6. The third kappa shape index (κ3) is 7.00. The van der Waals surface area contributed by atoms with Gasteiger partial charge in [-0.2, -0.15) is 0 Å². The highest BCUT2D eigenvalue weighted by atomic mass is 16.5. The molecule has 1 atom stereocenters. The minimum atomic E-state index is -0.281. The van der Waals surface area contributed by atoms with Crippen LogP contribution in [0.3, 0.4) is 0 Å². The first-order valence-electron chi connectivity index (χ1n) is 13.2. The number of esters is 1. The van der Waals surface area contributed by atoms with E-state index in [0.717, 1.165) is 67.2 Å². The minimum Gasteiger partial charge on any atom is -0.469 e. The molecule has 0 aromatic heterocycles. The molecule has 1 saturated heterocycles. The lowest BCUT2D eigenvalue weighted by Crippen LogP contribution is -2.41. The normalized spacial score (nSPS) is 16.8. The standard InChI is InChI=1S/C29H39N3O4/c1-4-22(18-28(33)35-3)23-9-12-27(32(19-21-7-8-21)25-13-15-36-16-14-25)26(17-23)31-29(34)30-24-10-5-20(2)6-11-24/h5-6,9-12,17,21-22,25H,4,7-8,13-16,18-19H2,1-3H3,(H2,30,31,34). The van der Waals surface area contributed by atoms with E-state index in [2.05, 4.69) is 34.6 Å². The number of anilines is 3. The van der Waals surface area contributed by atoms with Crippen LogP contribution in [-0.2, 0) is 14.3 Å². The van der Waals surface area contributed by atoms with Crippen LogP contribution in [0.4, 0.5) is 21.9 Å². The van der Waals surface area contributed by atoms with Gasteiger partial charge in [-0.3, -0.25) is 4.79 Å². The summed E-state index contributed by atoms with van der Waals surface area (Å²) in [6.45, 7) is 6.60. The van der Waals surface area contributed by atoms with E-state index in [1.165, 1.54) is 20.0 Å². The predicted octanol–water partition coefficient (Wildman–Crippen LogP) is 6.09. The lowest BCUT2D eigenvalue weighted by Gasteiger charge is -2.37. The van der Waals surface area contributed by atoms with Gasteiger partial charge in [-0.25, -0.2) is 4.79 Å². The molecule has 36 heavy (non-hydrogen) atoms. The fourth-order valence-electron chi connectivity index (χ4n) is 4.88. The lowest BCUT2D eigenvalue weighted by atomic mass is 9.92. The molecule has 0 spiro atoms. The van der Waals surface area contributed by atoms with E-state index in [-0.39, 0.29) is 17.9 Å². The largest absolute Gasteiger partial charge is 0.469 e. The molecule has 194 valence electrons. The third-order valence-electron chi connectivity index (χ3n) is 7.28. The number of carbonyl (C=O) groups excluding carboxylic acids is 2. The van der Waals surface area contributed by atoms with Gasteiger partial charge in [-0.15, -0.1) is 0 Å². The number of hydrogen-bond acceptors (Lipinski definition) is 5. The molecule has 2 aromatic carbocycles. The molecule has 7 nitrogen and oxygen atoms in total. The van der Waals surface area contributed by atoms with Crippen molar-refractivity contribution in [2.45, 2.75) is 64.3 Å². The maximum Gasteiger partial charge on any atom is 0.323 e. The average Bonchev–Trinajstić information content (AvgIpc) is 3.72. The monoisotopic (exact) mass is 493 g/mol. The van der Waals surface area contributed by atoms with Gasteiger partial charge < -0.3 is 25.0 Å². The Morgan fingerprint density at radius 3 is 2.42 bits per heavy atom. The van der Waals surface area contributed by atoms with Crippen molar-refractivity contribution >= 4 is 29.1 Å². The molecule has 7 heteroatoms. The summed E-state index contributed by atoms with van der Waals surface area (Å²) in [5.41, 5.74) is 4.71. The highest BCUT2D eigenvalue weighted by Gasteiger charge is 2.31. The first-order chi connectivity index (χ1) is 17.5. The first-order valence-corrected chi connectivity index (χ1v) is 13.2. The number of urea groups is 1. The Balaban J connectivity index is 1.64. The van der Waals surface area contributed by atoms with Crippen molar-refractivity contribution in [3.63, 3.8) is 0 Å². The van der Waals surface area contributed by atoms with Gasteiger partial charge in [0.1, 0.15) is 0 Å². The van der Waals surface area contributed by atoms with Gasteiger partial charge in [0.25, 0.3) is 0 Å². The number of methoxy groups -OCH3 is 1.